The average Bonchev–Trinajstić information content (AvgIpc) is 2.23. The lowest BCUT2D eigenvalue weighted by Crippen LogP contribution is -2.33. The number of aryl methyl sites for hydroxylation is 1. The normalized spacial score (nSPS) is 24.8. The van der Waals surface area contributed by atoms with Crippen LogP contribution in [0.3, 0.4) is 0 Å². The summed E-state index contributed by atoms with van der Waals surface area (Å²) in [5.74, 6) is -0.235. The van der Waals surface area contributed by atoms with Crippen LogP contribution in [-0.4, -0.2) is 18.3 Å². The highest BCUT2D eigenvalue weighted by molar-refractivity contribution is 5.40. The molecule has 1 aliphatic carbocycles. The molecule has 1 aromatic rings. The van der Waals surface area contributed by atoms with Crippen molar-refractivity contribution < 1.29 is 14.2 Å². The standard InChI is InChI=1S/C11H14FNO2/c1-15-10-5-7-6(4-8(10)12)2-3-9(13)11(7)14/h4-5,9,11,14H,2-3,13H2,1H3. The first kappa shape index (κ1) is 10.4. The molecule has 82 valence electrons. The Bertz CT molecular complexity index is 381. The summed E-state index contributed by atoms with van der Waals surface area (Å²) in [5, 5.41) is 9.84. The molecule has 1 aromatic carbocycles. The number of ether oxygens (including phenoxy) is 1. The van der Waals surface area contributed by atoms with E-state index in [9.17, 15) is 9.50 Å². The molecule has 0 amide bonds. The zero-order valence-electron chi connectivity index (χ0n) is 8.53. The fourth-order valence-corrected chi connectivity index (χ4v) is 1.97. The molecule has 0 radical (unpaired) electrons. The molecular weight excluding hydrogens is 197 g/mol. The Kier molecular flexibility index (Phi) is 2.63. The third-order valence-electron chi connectivity index (χ3n) is 2.88. The van der Waals surface area contributed by atoms with Crippen molar-refractivity contribution in [2.45, 2.75) is 25.0 Å². The molecule has 0 fully saturated rings. The van der Waals surface area contributed by atoms with E-state index in [1.807, 2.05) is 0 Å². The molecular formula is C11H14FNO2. The number of benzene rings is 1. The Hall–Kier alpha value is -1.13. The molecule has 0 heterocycles. The number of hydrogen-bond acceptors (Lipinski definition) is 3. The predicted molar refractivity (Wildman–Crippen MR) is 54.2 cm³/mol. The maximum absolute atomic E-state index is 13.4. The van der Waals surface area contributed by atoms with E-state index in [4.69, 9.17) is 10.5 Å². The number of halogens is 1. The quantitative estimate of drug-likeness (QED) is 0.732. The monoisotopic (exact) mass is 211 g/mol. The number of fused-ring (bicyclic) bond motifs is 1. The number of hydrogen-bond donors (Lipinski definition) is 2. The summed E-state index contributed by atoms with van der Waals surface area (Å²) >= 11 is 0. The molecule has 15 heavy (non-hydrogen) atoms. The van der Waals surface area contributed by atoms with E-state index in [-0.39, 0.29) is 17.6 Å². The van der Waals surface area contributed by atoms with Crippen LogP contribution in [0.5, 0.6) is 5.75 Å². The summed E-state index contributed by atoms with van der Waals surface area (Å²) in [4.78, 5) is 0. The molecule has 2 rings (SSSR count). The van der Waals surface area contributed by atoms with Crippen LogP contribution >= 0.6 is 0 Å². The van der Waals surface area contributed by atoms with E-state index in [0.717, 1.165) is 5.56 Å². The number of rotatable bonds is 1. The van der Waals surface area contributed by atoms with Gasteiger partial charge in [-0.2, -0.15) is 0 Å². The van der Waals surface area contributed by atoms with Crippen molar-refractivity contribution in [2.24, 2.45) is 5.73 Å². The van der Waals surface area contributed by atoms with E-state index >= 15 is 0 Å². The van der Waals surface area contributed by atoms with E-state index < -0.39 is 6.10 Å². The topological polar surface area (TPSA) is 55.5 Å². The van der Waals surface area contributed by atoms with Crippen molar-refractivity contribution in [1.82, 2.24) is 0 Å². The van der Waals surface area contributed by atoms with Gasteiger partial charge in [-0.25, -0.2) is 4.39 Å². The van der Waals surface area contributed by atoms with Gasteiger partial charge in [0.1, 0.15) is 0 Å². The van der Waals surface area contributed by atoms with Crippen LogP contribution < -0.4 is 10.5 Å². The highest BCUT2D eigenvalue weighted by Crippen LogP contribution is 2.33. The van der Waals surface area contributed by atoms with E-state index in [1.54, 1.807) is 0 Å². The van der Waals surface area contributed by atoms with Crippen LogP contribution in [-0.2, 0) is 6.42 Å². The third-order valence-corrected chi connectivity index (χ3v) is 2.88. The van der Waals surface area contributed by atoms with Crippen molar-refractivity contribution in [3.8, 4) is 5.75 Å². The summed E-state index contributed by atoms with van der Waals surface area (Å²) < 4.78 is 18.2. The third kappa shape index (κ3) is 1.70. The first-order valence-electron chi connectivity index (χ1n) is 4.93. The number of aliphatic hydroxyl groups is 1. The summed E-state index contributed by atoms with van der Waals surface area (Å²) in [6.07, 6.45) is 0.664. The first-order chi connectivity index (χ1) is 7.13. The molecule has 0 saturated heterocycles. The Morgan fingerprint density at radius 2 is 2.27 bits per heavy atom. The lowest BCUT2D eigenvalue weighted by molar-refractivity contribution is 0.133. The van der Waals surface area contributed by atoms with Crippen molar-refractivity contribution in [2.75, 3.05) is 7.11 Å². The van der Waals surface area contributed by atoms with Gasteiger partial charge in [-0.1, -0.05) is 0 Å². The minimum Gasteiger partial charge on any atom is -0.494 e. The van der Waals surface area contributed by atoms with Crippen molar-refractivity contribution in [3.05, 3.63) is 29.1 Å². The maximum atomic E-state index is 13.4. The Morgan fingerprint density at radius 3 is 2.93 bits per heavy atom. The van der Waals surface area contributed by atoms with Gasteiger partial charge in [0.05, 0.1) is 13.2 Å². The second kappa shape index (κ2) is 3.79. The van der Waals surface area contributed by atoms with Gasteiger partial charge in [-0.05, 0) is 36.1 Å². The Balaban J connectivity index is 2.48. The van der Waals surface area contributed by atoms with Gasteiger partial charge < -0.3 is 15.6 Å². The molecule has 1 aliphatic rings. The van der Waals surface area contributed by atoms with Crippen molar-refractivity contribution in [3.63, 3.8) is 0 Å². The largest absolute Gasteiger partial charge is 0.494 e. The van der Waals surface area contributed by atoms with Gasteiger partial charge >= 0.3 is 0 Å². The van der Waals surface area contributed by atoms with E-state index in [2.05, 4.69) is 0 Å². The molecule has 0 aromatic heterocycles. The molecule has 0 spiro atoms. The Morgan fingerprint density at radius 1 is 1.53 bits per heavy atom. The predicted octanol–water partition coefficient (Wildman–Crippen LogP) is 1.14. The fourth-order valence-electron chi connectivity index (χ4n) is 1.97. The summed E-state index contributed by atoms with van der Waals surface area (Å²) in [5.41, 5.74) is 7.25. The summed E-state index contributed by atoms with van der Waals surface area (Å²) in [6.45, 7) is 0. The highest BCUT2D eigenvalue weighted by atomic mass is 19.1. The van der Waals surface area contributed by atoms with Crippen LogP contribution in [0.15, 0.2) is 12.1 Å². The molecule has 4 heteroatoms. The van der Waals surface area contributed by atoms with Gasteiger partial charge in [0, 0.05) is 6.04 Å². The maximum Gasteiger partial charge on any atom is 0.165 e. The van der Waals surface area contributed by atoms with Crippen LogP contribution in [0, 0.1) is 5.82 Å². The van der Waals surface area contributed by atoms with Crippen molar-refractivity contribution >= 4 is 0 Å². The van der Waals surface area contributed by atoms with Gasteiger partial charge in [0.15, 0.2) is 11.6 Å². The van der Waals surface area contributed by atoms with Gasteiger partial charge in [0.25, 0.3) is 0 Å². The van der Waals surface area contributed by atoms with Gasteiger partial charge in [0.2, 0.25) is 0 Å². The molecule has 0 aliphatic heterocycles. The fraction of sp³-hybridized carbons (Fsp3) is 0.455. The number of methoxy groups -OCH3 is 1. The summed E-state index contributed by atoms with van der Waals surface area (Å²) in [7, 11) is 1.40. The first-order valence-corrected chi connectivity index (χ1v) is 4.93. The van der Waals surface area contributed by atoms with Crippen LogP contribution in [0.25, 0.3) is 0 Å². The number of nitrogens with two attached hydrogens (primary N) is 1. The minimum atomic E-state index is -0.719. The second-order valence-electron chi connectivity index (χ2n) is 3.83. The van der Waals surface area contributed by atoms with Gasteiger partial charge in [-0.3, -0.25) is 0 Å². The zero-order chi connectivity index (χ0) is 11.0. The minimum absolute atomic E-state index is 0.155. The summed E-state index contributed by atoms with van der Waals surface area (Å²) in [6, 6.07) is 2.69. The lowest BCUT2D eigenvalue weighted by Gasteiger charge is -2.27. The van der Waals surface area contributed by atoms with Crippen LogP contribution in [0.2, 0.25) is 0 Å². The Labute approximate surface area is 87.7 Å². The zero-order valence-corrected chi connectivity index (χ0v) is 8.53. The van der Waals surface area contributed by atoms with Crippen molar-refractivity contribution in [1.29, 1.82) is 0 Å². The molecule has 2 unspecified atom stereocenters. The van der Waals surface area contributed by atoms with E-state index in [0.29, 0.717) is 18.4 Å². The lowest BCUT2D eigenvalue weighted by atomic mass is 9.86. The van der Waals surface area contributed by atoms with Gasteiger partial charge in [-0.15, -0.1) is 0 Å². The number of aliphatic hydroxyl groups excluding tert-OH is 1. The highest BCUT2D eigenvalue weighted by Gasteiger charge is 2.26. The SMILES string of the molecule is COc1cc2c(cc1F)CCC(N)C2O. The average molecular weight is 211 g/mol. The molecule has 0 saturated carbocycles. The smallest absolute Gasteiger partial charge is 0.165 e. The molecule has 3 N–H and O–H groups in total. The second-order valence-corrected chi connectivity index (χ2v) is 3.83. The van der Waals surface area contributed by atoms with E-state index in [1.165, 1.54) is 19.2 Å². The van der Waals surface area contributed by atoms with Crippen LogP contribution in [0.4, 0.5) is 4.39 Å². The molecule has 2 atom stereocenters. The van der Waals surface area contributed by atoms with Crippen LogP contribution in [0.1, 0.15) is 23.7 Å². The molecule has 0 bridgehead atoms. The molecule has 3 nitrogen and oxygen atoms in total.